The molecule has 0 aliphatic heterocycles. The van der Waals surface area contributed by atoms with Gasteiger partial charge in [0.25, 0.3) is 0 Å². The first-order valence-electron chi connectivity index (χ1n) is 13.6. The van der Waals surface area contributed by atoms with E-state index in [4.69, 9.17) is 14.6 Å². The van der Waals surface area contributed by atoms with Crippen LogP contribution in [0.1, 0.15) is 18.5 Å². The van der Waals surface area contributed by atoms with E-state index in [-0.39, 0.29) is 10.7 Å². The number of sulfonamides is 1. The second-order valence-electron chi connectivity index (χ2n) is 9.39. The fourth-order valence-corrected chi connectivity index (χ4v) is 5.06. The molecule has 0 aliphatic carbocycles. The Morgan fingerprint density at radius 1 is 0.902 bits per heavy atom. The highest BCUT2D eigenvalue weighted by molar-refractivity contribution is 7.89. The molecular formula is C28H40FN5O4S3. The predicted molar refractivity (Wildman–Crippen MR) is 167 cm³/mol. The number of ether oxygens (including phenoxy) is 2. The monoisotopic (exact) mass is 625 g/mol. The second-order valence-corrected chi connectivity index (χ2v) is 11.8. The van der Waals surface area contributed by atoms with Crippen LogP contribution in [0, 0.1) is 5.82 Å². The van der Waals surface area contributed by atoms with Gasteiger partial charge in [-0.05, 0) is 67.4 Å². The third-order valence-corrected chi connectivity index (χ3v) is 7.60. The van der Waals surface area contributed by atoms with Gasteiger partial charge in [0.1, 0.15) is 5.82 Å². The third-order valence-electron chi connectivity index (χ3n) is 6.25. The maximum atomic E-state index is 13.5. The SMILES string of the molecule is NS(=O)(=O)c1ccc(-n2nc(COCCCCOCCN(CCS)CCNCCS)cc2-c2ccc(F)cc2)cc1. The first-order chi connectivity index (χ1) is 19.8. The van der Waals surface area contributed by atoms with E-state index >= 15 is 0 Å². The Hall–Kier alpha value is -1.97. The van der Waals surface area contributed by atoms with Crippen LogP contribution in [0.4, 0.5) is 4.39 Å². The predicted octanol–water partition coefficient (Wildman–Crippen LogP) is 3.39. The number of benzene rings is 2. The molecule has 1 heterocycles. The van der Waals surface area contributed by atoms with Crippen molar-refractivity contribution in [2.45, 2.75) is 24.3 Å². The van der Waals surface area contributed by atoms with Crippen LogP contribution >= 0.6 is 25.3 Å². The Balaban J connectivity index is 1.46. The molecule has 0 saturated carbocycles. The number of nitrogens with two attached hydrogens (primary N) is 1. The molecule has 3 rings (SSSR count). The van der Waals surface area contributed by atoms with Gasteiger partial charge in [0.2, 0.25) is 10.0 Å². The van der Waals surface area contributed by atoms with Gasteiger partial charge >= 0.3 is 0 Å². The van der Waals surface area contributed by atoms with Gasteiger partial charge < -0.3 is 14.8 Å². The molecule has 0 radical (unpaired) electrons. The Bertz CT molecular complexity index is 1270. The minimum absolute atomic E-state index is 0.0106. The molecule has 0 fully saturated rings. The number of halogens is 1. The maximum absolute atomic E-state index is 13.5. The van der Waals surface area contributed by atoms with E-state index in [1.807, 2.05) is 6.07 Å². The lowest BCUT2D eigenvalue weighted by atomic mass is 10.1. The van der Waals surface area contributed by atoms with Gasteiger partial charge in [0.05, 0.1) is 35.2 Å². The van der Waals surface area contributed by atoms with Crippen LogP contribution < -0.4 is 10.5 Å². The fourth-order valence-electron chi connectivity index (χ4n) is 4.10. The summed E-state index contributed by atoms with van der Waals surface area (Å²) in [6.45, 7) is 6.84. The van der Waals surface area contributed by atoms with Crippen LogP contribution in [-0.4, -0.2) is 87.1 Å². The largest absolute Gasteiger partial charge is 0.380 e. The summed E-state index contributed by atoms with van der Waals surface area (Å²) < 4.78 is 50.2. The summed E-state index contributed by atoms with van der Waals surface area (Å²) in [4.78, 5) is 2.35. The van der Waals surface area contributed by atoms with Crippen molar-refractivity contribution in [3.05, 3.63) is 66.1 Å². The van der Waals surface area contributed by atoms with Crippen LogP contribution in [0.3, 0.4) is 0 Å². The number of nitrogens with one attached hydrogen (secondary N) is 1. The van der Waals surface area contributed by atoms with E-state index in [0.717, 1.165) is 68.3 Å². The molecule has 0 spiro atoms. The lowest BCUT2D eigenvalue weighted by Crippen LogP contribution is -2.36. The average Bonchev–Trinajstić information content (AvgIpc) is 3.38. The Labute approximate surface area is 253 Å². The third kappa shape index (κ3) is 11.7. The number of primary sulfonamides is 1. The van der Waals surface area contributed by atoms with Gasteiger partial charge in [-0.3, -0.25) is 4.90 Å². The molecule has 9 nitrogen and oxygen atoms in total. The normalized spacial score (nSPS) is 11.9. The summed E-state index contributed by atoms with van der Waals surface area (Å²) in [5.74, 6) is 1.31. The highest BCUT2D eigenvalue weighted by atomic mass is 32.2. The summed E-state index contributed by atoms with van der Waals surface area (Å²) in [6, 6.07) is 14.1. The summed E-state index contributed by atoms with van der Waals surface area (Å²) in [5.41, 5.74) is 2.83. The molecule has 0 atom stereocenters. The van der Waals surface area contributed by atoms with E-state index in [0.29, 0.717) is 37.8 Å². The summed E-state index contributed by atoms with van der Waals surface area (Å²) >= 11 is 8.56. The highest BCUT2D eigenvalue weighted by Gasteiger charge is 2.14. The topological polar surface area (TPSA) is 112 Å². The van der Waals surface area contributed by atoms with Crippen LogP contribution in [0.15, 0.2) is 59.5 Å². The van der Waals surface area contributed by atoms with E-state index < -0.39 is 10.0 Å². The van der Waals surface area contributed by atoms with E-state index in [1.54, 1.807) is 28.9 Å². The number of aromatic nitrogens is 2. The molecular weight excluding hydrogens is 586 g/mol. The standard InChI is InChI=1S/C28H40FN5O4S3/c29-24-5-3-23(4-6-24)28-21-25(32-34(28)26-7-9-27(10-8-26)41(30,35)36)22-38-17-2-1-16-37-18-14-33(15-20-40)13-11-31-12-19-39/h3-10,21,31,39-40H,1-2,11-20,22H2,(H2,30,35,36). The van der Waals surface area contributed by atoms with Crippen molar-refractivity contribution in [1.29, 1.82) is 0 Å². The zero-order valence-corrected chi connectivity index (χ0v) is 25.7. The second kappa shape index (κ2) is 17.9. The molecule has 1 aromatic heterocycles. The van der Waals surface area contributed by atoms with Crippen molar-refractivity contribution in [3.8, 4) is 16.9 Å². The molecule has 2 aromatic carbocycles. The molecule has 3 aromatic rings. The Kier molecular flexibility index (Phi) is 14.6. The number of rotatable bonds is 20. The van der Waals surface area contributed by atoms with Crippen molar-refractivity contribution >= 4 is 35.3 Å². The molecule has 226 valence electrons. The molecule has 41 heavy (non-hydrogen) atoms. The van der Waals surface area contributed by atoms with Crippen LogP contribution in [0.5, 0.6) is 0 Å². The first kappa shape index (κ1) is 33.5. The highest BCUT2D eigenvalue weighted by Crippen LogP contribution is 2.25. The molecule has 3 N–H and O–H groups in total. The van der Waals surface area contributed by atoms with Crippen molar-refractivity contribution in [2.24, 2.45) is 5.14 Å². The van der Waals surface area contributed by atoms with E-state index in [2.05, 4.69) is 40.6 Å². The fraction of sp³-hybridized carbons (Fsp3) is 0.464. The van der Waals surface area contributed by atoms with Crippen molar-refractivity contribution in [3.63, 3.8) is 0 Å². The van der Waals surface area contributed by atoms with E-state index in [1.165, 1.54) is 24.3 Å². The van der Waals surface area contributed by atoms with Gasteiger partial charge in [-0.15, -0.1) is 0 Å². The smallest absolute Gasteiger partial charge is 0.238 e. The minimum Gasteiger partial charge on any atom is -0.380 e. The summed E-state index contributed by atoms with van der Waals surface area (Å²) in [5, 5.41) is 13.2. The van der Waals surface area contributed by atoms with Crippen molar-refractivity contribution in [2.75, 3.05) is 64.1 Å². The first-order valence-corrected chi connectivity index (χ1v) is 16.4. The molecule has 0 bridgehead atoms. The lowest BCUT2D eigenvalue weighted by molar-refractivity contribution is 0.0838. The number of unbranched alkanes of at least 4 members (excludes halogenated alkanes) is 1. The van der Waals surface area contributed by atoms with Gasteiger partial charge in [-0.25, -0.2) is 22.6 Å². The maximum Gasteiger partial charge on any atom is 0.238 e. The van der Waals surface area contributed by atoms with Crippen molar-refractivity contribution in [1.82, 2.24) is 20.0 Å². The number of thiol groups is 2. The summed E-state index contributed by atoms with van der Waals surface area (Å²) in [6.07, 6.45) is 1.75. The number of nitrogens with zero attached hydrogens (tertiary/aromatic N) is 3. The van der Waals surface area contributed by atoms with E-state index in [9.17, 15) is 12.8 Å². The van der Waals surface area contributed by atoms with Crippen LogP contribution in [0.2, 0.25) is 0 Å². The Morgan fingerprint density at radius 3 is 2.27 bits per heavy atom. The molecule has 13 heteroatoms. The van der Waals surface area contributed by atoms with Gasteiger partial charge in [0, 0.05) is 63.0 Å². The minimum atomic E-state index is -3.81. The number of hydrogen-bond acceptors (Lipinski definition) is 9. The zero-order valence-electron chi connectivity index (χ0n) is 23.1. The number of hydrogen-bond donors (Lipinski definition) is 4. The van der Waals surface area contributed by atoms with Crippen LogP contribution in [0.25, 0.3) is 16.9 Å². The van der Waals surface area contributed by atoms with Gasteiger partial charge in [-0.1, -0.05) is 0 Å². The van der Waals surface area contributed by atoms with Crippen LogP contribution in [-0.2, 0) is 26.1 Å². The lowest BCUT2D eigenvalue weighted by Gasteiger charge is -2.21. The average molecular weight is 626 g/mol. The summed E-state index contributed by atoms with van der Waals surface area (Å²) in [7, 11) is -3.81. The zero-order chi connectivity index (χ0) is 29.5. The quantitative estimate of drug-likeness (QED) is 0.113. The molecule has 0 aliphatic rings. The van der Waals surface area contributed by atoms with Gasteiger partial charge in [0.15, 0.2) is 0 Å². The van der Waals surface area contributed by atoms with Crippen molar-refractivity contribution < 1.29 is 22.3 Å². The molecule has 0 unspecified atom stereocenters. The molecule has 0 amide bonds. The Morgan fingerprint density at radius 2 is 1.61 bits per heavy atom. The molecule has 0 saturated heterocycles. The van der Waals surface area contributed by atoms with Gasteiger partial charge in [-0.2, -0.15) is 30.4 Å².